The van der Waals surface area contributed by atoms with Crippen LogP contribution < -0.4 is 11.1 Å². The molecule has 2 aromatic rings. The first kappa shape index (κ1) is 15.5. The maximum absolute atomic E-state index is 11.7. The van der Waals surface area contributed by atoms with Gasteiger partial charge < -0.3 is 15.8 Å². The quantitative estimate of drug-likeness (QED) is 0.842. The van der Waals surface area contributed by atoms with Crippen molar-refractivity contribution in [3.63, 3.8) is 0 Å². The highest BCUT2D eigenvalue weighted by molar-refractivity contribution is 9.10. The van der Waals surface area contributed by atoms with E-state index in [1.54, 1.807) is 7.11 Å². The molecule has 0 spiro atoms. The Morgan fingerprint density at radius 3 is 2.57 bits per heavy atom. The summed E-state index contributed by atoms with van der Waals surface area (Å²) in [5.41, 5.74) is 8.21. The minimum absolute atomic E-state index is 0.422. The van der Waals surface area contributed by atoms with Gasteiger partial charge in [-0.3, -0.25) is 4.79 Å². The fourth-order valence-electron chi connectivity index (χ4n) is 2.04. The first-order valence-corrected chi connectivity index (χ1v) is 7.28. The molecule has 0 fully saturated rings. The lowest BCUT2D eigenvalue weighted by Gasteiger charge is -2.17. The molecule has 2 aromatic carbocycles. The van der Waals surface area contributed by atoms with Crippen LogP contribution in [0.3, 0.4) is 0 Å². The number of primary amides is 1. The third-order valence-electron chi connectivity index (χ3n) is 3.04. The van der Waals surface area contributed by atoms with Crippen LogP contribution in [0.1, 0.15) is 17.2 Å². The number of hydrogen-bond donors (Lipinski definition) is 2. The average Bonchev–Trinajstić information content (AvgIpc) is 2.46. The van der Waals surface area contributed by atoms with Crippen molar-refractivity contribution in [3.05, 3.63) is 64.1 Å². The zero-order valence-corrected chi connectivity index (χ0v) is 13.3. The second kappa shape index (κ2) is 7.24. The number of methoxy groups -OCH3 is 1. The summed E-state index contributed by atoms with van der Waals surface area (Å²) in [4.78, 5) is 11.7. The molecule has 0 aliphatic rings. The third-order valence-corrected chi connectivity index (χ3v) is 3.54. The number of anilines is 1. The third kappa shape index (κ3) is 4.31. The Bertz CT molecular complexity index is 614. The Morgan fingerprint density at radius 2 is 2.00 bits per heavy atom. The van der Waals surface area contributed by atoms with Crippen LogP contribution in [-0.4, -0.2) is 13.0 Å². The fourth-order valence-corrected chi connectivity index (χ4v) is 2.44. The number of carbonyl (C=O) groups is 1. The summed E-state index contributed by atoms with van der Waals surface area (Å²) in [5, 5.41) is 3.15. The van der Waals surface area contributed by atoms with Crippen LogP contribution in [0.15, 0.2) is 53.0 Å². The number of halogens is 1. The molecule has 0 aromatic heterocycles. The molecule has 0 saturated heterocycles. The van der Waals surface area contributed by atoms with Gasteiger partial charge in [0.15, 0.2) is 0 Å². The summed E-state index contributed by atoms with van der Waals surface area (Å²) in [5.74, 6) is -0.422. The lowest BCUT2D eigenvalue weighted by molar-refractivity contribution is -0.118. The molecular formula is C16H17BrN2O2. The molecule has 0 radical (unpaired) electrons. The molecule has 21 heavy (non-hydrogen) atoms. The van der Waals surface area contributed by atoms with Gasteiger partial charge in [-0.2, -0.15) is 0 Å². The Kier molecular flexibility index (Phi) is 5.36. The van der Waals surface area contributed by atoms with Gasteiger partial charge in [-0.25, -0.2) is 0 Å². The highest BCUT2D eigenvalue weighted by Crippen LogP contribution is 2.22. The van der Waals surface area contributed by atoms with Crippen LogP contribution in [0.2, 0.25) is 0 Å². The van der Waals surface area contributed by atoms with Gasteiger partial charge in [0.2, 0.25) is 5.91 Å². The predicted molar refractivity (Wildman–Crippen MR) is 86.9 cm³/mol. The first-order chi connectivity index (χ1) is 10.1. The van der Waals surface area contributed by atoms with Crippen LogP contribution in [0, 0.1) is 0 Å². The summed E-state index contributed by atoms with van der Waals surface area (Å²) < 4.78 is 6.01. The van der Waals surface area contributed by atoms with E-state index in [0.29, 0.717) is 6.61 Å². The zero-order chi connectivity index (χ0) is 15.2. The van der Waals surface area contributed by atoms with E-state index < -0.39 is 11.9 Å². The Balaban J connectivity index is 2.20. The topological polar surface area (TPSA) is 64.3 Å². The van der Waals surface area contributed by atoms with Gasteiger partial charge in [0.25, 0.3) is 0 Å². The normalized spacial score (nSPS) is 11.9. The van der Waals surface area contributed by atoms with Crippen molar-refractivity contribution in [3.8, 4) is 0 Å². The van der Waals surface area contributed by atoms with Gasteiger partial charge in [0.1, 0.15) is 6.04 Å². The second-order valence-corrected chi connectivity index (χ2v) is 5.58. The number of benzene rings is 2. The van der Waals surface area contributed by atoms with Gasteiger partial charge in [-0.05, 0) is 29.3 Å². The van der Waals surface area contributed by atoms with Crippen molar-refractivity contribution in [2.75, 3.05) is 12.4 Å². The van der Waals surface area contributed by atoms with E-state index in [2.05, 4.69) is 21.2 Å². The highest BCUT2D eigenvalue weighted by atomic mass is 79.9. The molecule has 0 aliphatic carbocycles. The van der Waals surface area contributed by atoms with E-state index in [-0.39, 0.29) is 0 Å². The Hall–Kier alpha value is -1.85. The van der Waals surface area contributed by atoms with E-state index in [1.807, 2.05) is 48.5 Å². The summed E-state index contributed by atoms with van der Waals surface area (Å²) in [6.07, 6.45) is 0. The second-order valence-electron chi connectivity index (χ2n) is 4.66. The summed E-state index contributed by atoms with van der Waals surface area (Å²) >= 11 is 3.40. The van der Waals surface area contributed by atoms with Crippen molar-refractivity contribution in [1.82, 2.24) is 0 Å². The molecule has 0 saturated carbocycles. The summed E-state index contributed by atoms with van der Waals surface area (Å²) in [6.45, 7) is 0.542. The average molecular weight is 349 g/mol. The van der Waals surface area contributed by atoms with Crippen LogP contribution in [0.4, 0.5) is 5.69 Å². The van der Waals surface area contributed by atoms with Crippen molar-refractivity contribution in [1.29, 1.82) is 0 Å². The van der Waals surface area contributed by atoms with Gasteiger partial charge in [-0.1, -0.05) is 46.3 Å². The zero-order valence-electron chi connectivity index (χ0n) is 11.7. The maximum Gasteiger partial charge on any atom is 0.244 e. The van der Waals surface area contributed by atoms with Crippen molar-refractivity contribution >= 4 is 27.5 Å². The number of ether oxygens (including phenoxy) is 1. The molecular weight excluding hydrogens is 332 g/mol. The number of carbonyl (C=O) groups excluding carboxylic acids is 1. The number of rotatable bonds is 6. The SMILES string of the molecule is COCc1ccc(C(Nc2cccc(Br)c2)C(N)=O)cc1. The summed E-state index contributed by atoms with van der Waals surface area (Å²) in [7, 11) is 1.65. The van der Waals surface area contributed by atoms with Gasteiger partial charge in [-0.15, -0.1) is 0 Å². The number of amides is 1. The fraction of sp³-hybridized carbons (Fsp3) is 0.188. The lowest BCUT2D eigenvalue weighted by Crippen LogP contribution is -2.27. The highest BCUT2D eigenvalue weighted by Gasteiger charge is 2.17. The molecule has 0 bridgehead atoms. The number of nitrogens with one attached hydrogen (secondary N) is 1. The molecule has 1 atom stereocenters. The Labute approximate surface area is 132 Å². The van der Waals surface area contributed by atoms with Crippen LogP contribution in [0.5, 0.6) is 0 Å². The van der Waals surface area contributed by atoms with Crippen molar-refractivity contribution in [2.45, 2.75) is 12.6 Å². The van der Waals surface area contributed by atoms with Crippen molar-refractivity contribution in [2.24, 2.45) is 5.73 Å². The van der Waals surface area contributed by atoms with Gasteiger partial charge in [0, 0.05) is 17.3 Å². The van der Waals surface area contributed by atoms with Crippen LogP contribution in [0.25, 0.3) is 0 Å². The lowest BCUT2D eigenvalue weighted by atomic mass is 10.0. The predicted octanol–water partition coefficient (Wildman–Crippen LogP) is 3.23. The molecule has 1 unspecified atom stereocenters. The molecule has 0 heterocycles. The standard InChI is InChI=1S/C16H17BrN2O2/c1-21-10-11-5-7-12(8-6-11)15(16(18)20)19-14-4-2-3-13(17)9-14/h2-9,15,19H,10H2,1H3,(H2,18,20). The monoisotopic (exact) mass is 348 g/mol. The van der Waals surface area contributed by atoms with E-state index in [0.717, 1.165) is 21.3 Å². The molecule has 4 nitrogen and oxygen atoms in total. The largest absolute Gasteiger partial charge is 0.380 e. The number of hydrogen-bond acceptors (Lipinski definition) is 3. The first-order valence-electron chi connectivity index (χ1n) is 6.49. The minimum Gasteiger partial charge on any atom is -0.380 e. The van der Waals surface area contributed by atoms with Gasteiger partial charge in [0.05, 0.1) is 6.61 Å². The Morgan fingerprint density at radius 1 is 1.29 bits per heavy atom. The molecule has 3 N–H and O–H groups in total. The molecule has 5 heteroatoms. The van der Waals surface area contributed by atoms with Crippen molar-refractivity contribution < 1.29 is 9.53 Å². The smallest absolute Gasteiger partial charge is 0.244 e. The van der Waals surface area contributed by atoms with Crippen LogP contribution >= 0.6 is 15.9 Å². The molecule has 2 rings (SSSR count). The number of nitrogens with two attached hydrogens (primary N) is 1. The van der Waals surface area contributed by atoms with E-state index in [4.69, 9.17) is 10.5 Å². The maximum atomic E-state index is 11.7. The molecule has 0 aliphatic heterocycles. The van der Waals surface area contributed by atoms with E-state index >= 15 is 0 Å². The molecule has 1 amide bonds. The van der Waals surface area contributed by atoms with Gasteiger partial charge >= 0.3 is 0 Å². The summed E-state index contributed by atoms with van der Waals surface area (Å²) in [6, 6.07) is 14.7. The molecule has 110 valence electrons. The minimum atomic E-state index is -0.573. The van der Waals surface area contributed by atoms with E-state index in [9.17, 15) is 4.79 Å². The van der Waals surface area contributed by atoms with Crippen LogP contribution in [-0.2, 0) is 16.1 Å². The van der Waals surface area contributed by atoms with E-state index in [1.165, 1.54) is 0 Å².